The van der Waals surface area contributed by atoms with Gasteiger partial charge in [0.15, 0.2) is 0 Å². The number of fused-ring (bicyclic) bond motifs is 1. The molecule has 1 heterocycles. The molecule has 0 aliphatic carbocycles. The highest BCUT2D eigenvalue weighted by atomic mass is 16.6. The van der Waals surface area contributed by atoms with Crippen LogP contribution in [0.4, 0.5) is 0 Å². The highest BCUT2D eigenvalue weighted by Gasteiger charge is 2.41. The third-order valence-corrected chi connectivity index (χ3v) is 7.56. The summed E-state index contributed by atoms with van der Waals surface area (Å²) in [5.74, 6) is 2.08. The lowest BCUT2D eigenvalue weighted by Crippen LogP contribution is -2.53. The predicted molar refractivity (Wildman–Crippen MR) is 149 cm³/mol. The van der Waals surface area contributed by atoms with Crippen molar-refractivity contribution in [3.8, 4) is 22.6 Å². The van der Waals surface area contributed by atoms with Crippen molar-refractivity contribution in [3.63, 3.8) is 0 Å². The summed E-state index contributed by atoms with van der Waals surface area (Å²) in [5.41, 5.74) is 2.54. The largest absolute Gasteiger partial charge is 0.484 e. The molecule has 4 heteroatoms. The molecular formula is C32H37NO3. The van der Waals surface area contributed by atoms with Crippen LogP contribution in [0, 0.1) is 0 Å². The van der Waals surface area contributed by atoms with Crippen LogP contribution in [-0.4, -0.2) is 15.8 Å². The normalized spacial score (nSPS) is 13.0. The van der Waals surface area contributed by atoms with E-state index in [2.05, 4.69) is 26.0 Å². The molecule has 188 valence electrons. The summed E-state index contributed by atoms with van der Waals surface area (Å²) in [5, 5.41) is 1.03. The number of rotatable bonds is 8. The highest BCUT2D eigenvalue weighted by molar-refractivity contribution is 5.84. The highest BCUT2D eigenvalue weighted by Crippen LogP contribution is 2.34. The van der Waals surface area contributed by atoms with Crippen LogP contribution in [-0.2, 0) is 7.05 Å². The molecule has 0 radical (unpaired) electrons. The van der Waals surface area contributed by atoms with E-state index < -0.39 is 11.2 Å². The van der Waals surface area contributed by atoms with E-state index in [1.54, 1.807) is 4.57 Å². The van der Waals surface area contributed by atoms with Crippen LogP contribution < -0.4 is 15.0 Å². The Morgan fingerprint density at radius 1 is 0.806 bits per heavy atom. The molecular weight excluding hydrogens is 446 g/mol. The number of hydrogen-bond acceptors (Lipinski definition) is 3. The molecule has 1 atom stereocenters. The van der Waals surface area contributed by atoms with Gasteiger partial charge in [-0.2, -0.15) is 0 Å². The van der Waals surface area contributed by atoms with Gasteiger partial charge in [-0.05, 0) is 92.9 Å². The van der Waals surface area contributed by atoms with Crippen molar-refractivity contribution >= 4 is 10.9 Å². The van der Waals surface area contributed by atoms with Crippen molar-refractivity contribution in [2.24, 2.45) is 7.05 Å². The monoisotopic (exact) mass is 483 g/mol. The van der Waals surface area contributed by atoms with Crippen molar-refractivity contribution in [1.82, 2.24) is 4.57 Å². The third kappa shape index (κ3) is 5.04. The number of benzene rings is 3. The minimum atomic E-state index is -0.622. The maximum Gasteiger partial charge on any atom is 0.258 e. The number of aryl methyl sites for hydroxylation is 1. The van der Waals surface area contributed by atoms with Crippen molar-refractivity contribution in [2.75, 3.05) is 0 Å². The first-order valence-electron chi connectivity index (χ1n) is 12.7. The molecule has 0 aliphatic heterocycles. The van der Waals surface area contributed by atoms with E-state index in [9.17, 15) is 4.79 Å². The van der Waals surface area contributed by atoms with Gasteiger partial charge in [0.1, 0.15) is 22.7 Å². The Kier molecular flexibility index (Phi) is 6.99. The Bertz CT molecular complexity index is 1400. The Labute approximate surface area is 214 Å². The second-order valence-corrected chi connectivity index (χ2v) is 10.6. The Balaban J connectivity index is 1.52. The lowest BCUT2D eigenvalue weighted by atomic mass is 9.88. The van der Waals surface area contributed by atoms with E-state index in [4.69, 9.17) is 9.47 Å². The topological polar surface area (TPSA) is 40.5 Å². The fourth-order valence-electron chi connectivity index (χ4n) is 4.27. The first-order valence-corrected chi connectivity index (χ1v) is 12.7. The van der Waals surface area contributed by atoms with Crippen LogP contribution in [0.3, 0.4) is 0 Å². The van der Waals surface area contributed by atoms with E-state index in [0.29, 0.717) is 11.5 Å². The van der Waals surface area contributed by atoms with Gasteiger partial charge in [-0.15, -0.1) is 0 Å². The Hall–Kier alpha value is -3.53. The molecule has 1 aromatic heterocycles. The molecule has 4 nitrogen and oxygen atoms in total. The molecule has 1 unspecified atom stereocenters. The fourth-order valence-corrected chi connectivity index (χ4v) is 4.27. The molecule has 0 aliphatic rings. The van der Waals surface area contributed by atoms with Crippen LogP contribution in [0.15, 0.2) is 83.7 Å². The van der Waals surface area contributed by atoms with Crippen molar-refractivity contribution in [3.05, 3.63) is 94.8 Å². The second kappa shape index (κ2) is 9.85. The summed E-state index contributed by atoms with van der Waals surface area (Å²) in [6.07, 6.45) is 1.11. The van der Waals surface area contributed by atoms with E-state index in [0.717, 1.165) is 34.4 Å². The fraction of sp³-hybridized carbons (Fsp3) is 0.344. The van der Waals surface area contributed by atoms with Gasteiger partial charge >= 0.3 is 0 Å². The van der Waals surface area contributed by atoms with Gasteiger partial charge in [0.25, 0.3) is 5.56 Å². The summed E-state index contributed by atoms with van der Waals surface area (Å²) in [6, 6.07) is 26.0. The maximum atomic E-state index is 13.0. The Morgan fingerprint density at radius 3 is 1.89 bits per heavy atom. The minimum Gasteiger partial charge on any atom is -0.484 e. The van der Waals surface area contributed by atoms with Gasteiger partial charge in [0.2, 0.25) is 0 Å². The zero-order valence-electron chi connectivity index (χ0n) is 22.5. The molecule has 0 spiro atoms. The zero-order chi connectivity index (χ0) is 26.1. The lowest BCUT2D eigenvalue weighted by molar-refractivity contribution is -0.0732. The van der Waals surface area contributed by atoms with E-state index in [1.807, 2.05) is 101 Å². The van der Waals surface area contributed by atoms with Crippen LogP contribution in [0.25, 0.3) is 22.0 Å². The minimum absolute atomic E-state index is 0.0171. The van der Waals surface area contributed by atoms with Gasteiger partial charge in [0, 0.05) is 12.6 Å². The summed E-state index contributed by atoms with van der Waals surface area (Å²) >= 11 is 0. The van der Waals surface area contributed by atoms with E-state index >= 15 is 0 Å². The van der Waals surface area contributed by atoms with Crippen molar-refractivity contribution in [2.45, 2.75) is 65.1 Å². The maximum absolute atomic E-state index is 13.0. The summed E-state index contributed by atoms with van der Waals surface area (Å²) in [4.78, 5) is 13.0. The molecule has 0 saturated carbocycles. The predicted octanol–water partition coefficient (Wildman–Crippen LogP) is 7.73. The van der Waals surface area contributed by atoms with Crippen LogP contribution in [0.1, 0.15) is 59.4 Å². The number of ether oxygens (including phenoxy) is 2. The number of pyridine rings is 1. The first kappa shape index (κ1) is 25.6. The molecule has 0 bridgehead atoms. The molecule has 36 heavy (non-hydrogen) atoms. The van der Waals surface area contributed by atoms with Gasteiger partial charge in [-0.3, -0.25) is 4.79 Å². The van der Waals surface area contributed by atoms with Crippen LogP contribution in [0.5, 0.6) is 11.5 Å². The number of para-hydroxylation sites is 1. The number of aromatic nitrogens is 1. The third-order valence-electron chi connectivity index (χ3n) is 7.56. The Morgan fingerprint density at radius 2 is 1.33 bits per heavy atom. The smallest absolute Gasteiger partial charge is 0.258 e. The summed E-state index contributed by atoms with van der Waals surface area (Å²) < 4.78 is 14.5. The standard InChI is InChI=1S/C32H37NO3/c1-8-22(2)23-13-17-26(18-14-23)35-31(3,4)32(5,6)36-27-19-15-24(16-20-27)28-21-25-11-9-10-12-29(25)33(7)30(28)34/h9-22H,8H2,1-7H3. The van der Waals surface area contributed by atoms with Gasteiger partial charge < -0.3 is 14.0 Å². The number of nitrogens with zero attached hydrogens (tertiary/aromatic N) is 1. The summed E-state index contributed by atoms with van der Waals surface area (Å²) in [6.45, 7) is 12.6. The quantitative estimate of drug-likeness (QED) is 0.257. The molecule has 0 fully saturated rings. The van der Waals surface area contributed by atoms with Crippen molar-refractivity contribution in [1.29, 1.82) is 0 Å². The van der Waals surface area contributed by atoms with Crippen LogP contribution in [0.2, 0.25) is 0 Å². The average Bonchev–Trinajstić information content (AvgIpc) is 2.86. The lowest BCUT2D eigenvalue weighted by Gasteiger charge is -2.41. The molecule has 0 N–H and O–H groups in total. The molecule has 0 amide bonds. The van der Waals surface area contributed by atoms with Crippen molar-refractivity contribution < 1.29 is 9.47 Å². The SMILES string of the molecule is CCC(C)c1ccc(OC(C)(C)C(C)(C)Oc2ccc(-c3cc4ccccc4n(C)c3=O)cc2)cc1. The summed E-state index contributed by atoms with van der Waals surface area (Å²) in [7, 11) is 1.81. The second-order valence-electron chi connectivity index (χ2n) is 10.6. The zero-order valence-corrected chi connectivity index (χ0v) is 22.5. The van der Waals surface area contributed by atoms with Gasteiger partial charge in [-0.1, -0.05) is 56.3 Å². The van der Waals surface area contributed by atoms with Gasteiger partial charge in [0.05, 0.1) is 5.52 Å². The average molecular weight is 484 g/mol. The first-order chi connectivity index (χ1) is 17.0. The van der Waals surface area contributed by atoms with E-state index in [-0.39, 0.29) is 5.56 Å². The van der Waals surface area contributed by atoms with Gasteiger partial charge in [-0.25, -0.2) is 0 Å². The van der Waals surface area contributed by atoms with Crippen LogP contribution >= 0.6 is 0 Å². The van der Waals surface area contributed by atoms with E-state index in [1.165, 1.54) is 5.56 Å². The molecule has 4 rings (SSSR count). The number of hydrogen-bond donors (Lipinski definition) is 0. The molecule has 4 aromatic rings. The molecule has 0 saturated heterocycles. The molecule has 3 aromatic carbocycles.